The van der Waals surface area contributed by atoms with Gasteiger partial charge in [-0.25, -0.2) is 0 Å². The minimum absolute atomic E-state index is 0.549. The lowest BCUT2D eigenvalue weighted by Crippen LogP contribution is -2.17. The molecule has 2 aromatic carbocycles. The van der Waals surface area contributed by atoms with E-state index in [2.05, 4.69) is 34.1 Å². The van der Waals surface area contributed by atoms with Crippen molar-refractivity contribution >= 4 is 45.7 Å². The Labute approximate surface area is 150 Å². The fraction of sp³-hybridized carbons (Fsp3) is 0.222. The van der Waals surface area contributed by atoms with Crippen LogP contribution in [0.4, 0.5) is 0 Å². The molecule has 1 aliphatic rings. The molecule has 1 N–H and O–H groups in total. The molecule has 3 aromatic rings. The first-order valence-electron chi connectivity index (χ1n) is 7.61. The second-order valence-corrected chi connectivity index (χ2v) is 7.06. The van der Waals surface area contributed by atoms with E-state index in [9.17, 15) is 0 Å². The van der Waals surface area contributed by atoms with Gasteiger partial charge in [-0.2, -0.15) is 0 Å². The van der Waals surface area contributed by atoms with E-state index in [1.54, 1.807) is 12.1 Å². The highest BCUT2D eigenvalue weighted by Crippen LogP contribution is 2.38. The molecular weight excluding hydrogens is 351 g/mol. The maximum Gasteiger partial charge on any atom is 0.0514 e. The quantitative estimate of drug-likeness (QED) is 0.610. The van der Waals surface area contributed by atoms with Gasteiger partial charge >= 0.3 is 0 Å². The summed E-state index contributed by atoms with van der Waals surface area (Å²) in [5.41, 5.74) is 4.45. The van der Waals surface area contributed by atoms with E-state index in [-0.39, 0.29) is 0 Å². The molecule has 0 spiro atoms. The van der Waals surface area contributed by atoms with Gasteiger partial charge in [-0.15, -0.1) is 0 Å². The molecule has 0 bridgehead atoms. The first-order valence-corrected chi connectivity index (χ1v) is 8.75. The number of hydrogen-bond acceptors (Lipinski definition) is 1. The van der Waals surface area contributed by atoms with E-state index in [0.29, 0.717) is 15.1 Å². The number of rotatable bonds is 1. The van der Waals surface area contributed by atoms with Crippen LogP contribution in [-0.4, -0.2) is 17.7 Å². The van der Waals surface area contributed by atoms with Crippen molar-refractivity contribution in [1.82, 2.24) is 9.88 Å². The summed E-state index contributed by atoms with van der Waals surface area (Å²) in [6.45, 7) is 2.99. The van der Waals surface area contributed by atoms with E-state index in [1.165, 1.54) is 16.6 Å². The Kier molecular flexibility index (Phi) is 4.02. The van der Waals surface area contributed by atoms with Crippen molar-refractivity contribution in [3.05, 3.63) is 57.2 Å². The van der Waals surface area contributed by atoms with E-state index < -0.39 is 0 Å². The highest BCUT2D eigenvalue weighted by atomic mass is 35.5. The van der Waals surface area contributed by atoms with E-state index >= 15 is 0 Å². The van der Waals surface area contributed by atoms with Crippen LogP contribution in [0.5, 0.6) is 0 Å². The zero-order valence-corrected chi connectivity index (χ0v) is 14.6. The zero-order chi connectivity index (χ0) is 16.0. The second kappa shape index (κ2) is 6.03. The molecule has 0 radical (unpaired) electrons. The molecular formula is C18H15Cl3N2. The highest BCUT2D eigenvalue weighted by Gasteiger charge is 2.15. The minimum atomic E-state index is 0.549. The smallest absolute Gasteiger partial charge is 0.0514 e. The van der Waals surface area contributed by atoms with Crippen LogP contribution in [0, 0.1) is 0 Å². The van der Waals surface area contributed by atoms with Crippen LogP contribution in [0.2, 0.25) is 15.1 Å². The number of benzene rings is 2. The van der Waals surface area contributed by atoms with Crippen LogP contribution in [-0.2, 0) is 13.0 Å². The number of halogens is 3. The summed E-state index contributed by atoms with van der Waals surface area (Å²) in [5.74, 6) is 0. The van der Waals surface area contributed by atoms with Crippen molar-refractivity contribution in [3.8, 4) is 11.1 Å². The van der Waals surface area contributed by atoms with Crippen LogP contribution in [0.3, 0.4) is 0 Å². The summed E-state index contributed by atoms with van der Waals surface area (Å²) in [7, 11) is 0. The molecule has 118 valence electrons. The second-order valence-electron chi connectivity index (χ2n) is 5.81. The van der Waals surface area contributed by atoms with Crippen molar-refractivity contribution < 1.29 is 0 Å². The molecule has 2 heterocycles. The molecule has 0 unspecified atom stereocenters. The van der Waals surface area contributed by atoms with E-state index in [4.69, 9.17) is 34.8 Å². The predicted molar refractivity (Wildman–Crippen MR) is 99.0 cm³/mol. The third kappa shape index (κ3) is 2.74. The summed E-state index contributed by atoms with van der Waals surface area (Å²) in [6.07, 6.45) is 1.05. The molecule has 0 saturated carbocycles. The number of nitrogens with one attached hydrogen (secondary N) is 1. The van der Waals surface area contributed by atoms with Gasteiger partial charge in [0.1, 0.15) is 0 Å². The predicted octanol–water partition coefficient (Wildman–Crippen LogP) is 5.41. The number of fused-ring (bicyclic) bond motifs is 3. The normalized spacial score (nSPS) is 14.7. The Hall–Kier alpha value is -1.19. The SMILES string of the molecule is Clc1cc(Cl)c(-c2ccc3cc4n(c3c2)CCNCC4)c(Cl)c1. The Morgan fingerprint density at radius 3 is 2.48 bits per heavy atom. The maximum atomic E-state index is 6.38. The summed E-state index contributed by atoms with van der Waals surface area (Å²) in [6, 6.07) is 12.1. The van der Waals surface area contributed by atoms with Gasteiger partial charge in [-0.1, -0.05) is 46.9 Å². The van der Waals surface area contributed by atoms with Gasteiger partial charge in [-0.3, -0.25) is 0 Å². The first-order chi connectivity index (χ1) is 11.1. The van der Waals surface area contributed by atoms with Gasteiger partial charge in [0, 0.05) is 47.9 Å². The Morgan fingerprint density at radius 2 is 1.70 bits per heavy atom. The summed E-state index contributed by atoms with van der Waals surface area (Å²) >= 11 is 18.8. The average molecular weight is 366 g/mol. The molecule has 0 fully saturated rings. The molecule has 0 saturated heterocycles. The molecule has 4 rings (SSSR count). The molecule has 5 heteroatoms. The summed E-state index contributed by atoms with van der Waals surface area (Å²) in [4.78, 5) is 0. The molecule has 0 amide bonds. The fourth-order valence-electron chi connectivity index (χ4n) is 3.29. The molecule has 23 heavy (non-hydrogen) atoms. The lowest BCUT2D eigenvalue weighted by atomic mass is 10.0. The molecule has 1 aromatic heterocycles. The fourth-order valence-corrected chi connectivity index (χ4v) is 4.32. The Morgan fingerprint density at radius 1 is 0.913 bits per heavy atom. The van der Waals surface area contributed by atoms with Gasteiger partial charge in [-0.05, 0) is 35.2 Å². The maximum absolute atomic E-state index is 6.38. The van der Waals surface area contributed by atoms with Crippen molar-refractivity contribution in [1.29, 1.82) is 0 Å². The van der Waals surface area contributed by atoms with Crippen molar-refractivity contribution in [3.63, 3.8) is 0 Å². The molecule has 0 atom stereocenters. The number of nitrogens with zero attached hydrogens (tertiary/aromatic N) is 1. The third-order valence-corrected chi connectivity index (χ3v) is 5.17. The lowest BCUT2D eigenvalue weighted by molar-refractivity contribution is 0.658. The van der Waals surface area contributed by atoms with Gasteiger partial charge in [0.2, 0.25) is 0 Å². The summed E-state index contributed by atoms with van der Waals surface area (Å²) in [5, 5.41) is 6.39. The zero-order valence-electron chi connectivity index (χ0n) is 12.4. The van der Waals surface area contributed by atoms with Crippen molar-refractivity contribution in [2.45, 2.75) is 13.0 Å². The summed E-state index contributed by atoms with van der Waals surface area (Å²) < 4.78 is 2.39. The molecule has 1 aliphatic heterocycles. The van der Waals surface area contributed by atoms with Gasteiger partial charge < -0.3 is 9.88 Å². The lowest BCUT2D eigenvalue weighted by Gasteiger charge is -2.10. The average Bonchev–Trinajstić information content (AvgIpc) is 2.68. The molecule has 2 nitrogen and oxygen atoms in total. The van der Waals surface area contributed by atoms with Gasteiger partial charge in [0.25, 0.3) is 0 Å². The first kappa shape index (κ1) is 15.3. The van der Waals surface area contributed by atoms with Crippen LogP contribution < -0.4 is 5.32 Å². The highest BCUT2D eigenvalue weighted by molar-refractivity contribution is 6.41. The van der Waals surface area contributed by atoms with Gasteiger partial charge in [0.05, 0.1) is 10.0 Å². The van der Waals surface area contributed by atoms with Gasteiger partial charge in [0.15, 0.2) is 0 Å². The van der Waals surface area contributed by atoms with Crippen molar-refractivity contribution in [2.75, 3.05) is 13.1 Å². The topological polar surface area (TPSA) is 17.0 Å². The number of hydrogen-bond donors (Lipinski definition) is 1. The number of aromatic nitrogens is 1. The third-order valence-electron chi connectivity index (χ3n) is 4.36. The molecule has 0 aliphatic carbocycles. The van der Waals surface area contributed by atoms with Crippen LogP contribution in [0.1, 0.15) is 5.69 Å². The monoisotopic (exact) mass is 364 g/mol. The van der Waals surface area contributed by atoms with Crippen LogP contribution in [0.15, 0.2) is 36.4 Å². The largest absolute Gasteiger partial charge is 0.343 e. The van der Waals surface area contributed by atoms with Crippen LogP contribution >= 0.6 is 34.8 Å². The minimum Gasteiger partial charge on any atom is -0.343 e. The van der Waals surface area contributed by atoms with Crippen molar-refractivity contribution in [2.24, 2.45) is 0 Å². The van der Waals surface area contributed by atoms with E-state index in [1.807, 2.05) is 0 Å². The van der Waals surface area contributed by atoms with E-state index in [0.717, 1.165) is 37.2 Å². The Balaban J connectivity index is 1.91. The van der Waals surface area contributed by atoms with Crippen LogP contribution in [0.25, 0.3) is 22.0 Å². The standard InChI is InChI=1S/C18H15Cl3N2/c19-13-9-15(20)18(16(21)10-13)12-2-1-11-7-14-3-4-22-5-6-23(14)17(11)8-12/h1-2,7-10,22H,3-6H2. The Bertz CT molecular complexity index is 876.